The molecule has 0 spiro atoms. The molecule has 4 aromatic rings. The van der Waals surface area contributed by atoms with Gasteiger partial charge in [-0.05, 0) is 68.5 Å². The summed E-state index contributed by atoms with van der Waals surface area (Å²) < 4.78 is 13.3. The first-order valence-electron chi connectivity index (χ1n) is 11.3. The third kappa shape index (κ3) is 5.86. The van der Waals surface area contributed by atoms with Crippen molar-refractivity contribution in [1.82, 2.24) is 4.31 Å². The molecule has 0 atom stereocenters. The summed E-state index contributed by atoms with van der Waals surface area (Å²) in [5.74, 6) is -0.126. The van der Waals surface area contributed by atoms with E-state index in [9.17, 15) is 4.79 Å². The number of fused-ring (bicyclic) bond motifs is 1. The number of nitrogens with zero attached hydrogens (tertiary/aromatic N) is 1. The quantitative estimate of drug-likeness (QED) is 0.200. The fraction of sp³-hybridized carbons (Fsp3) is 0.250. The molecule has 0 radical (unpaired) electrons. The molecule has 0 N–H and O–H groups in total. The summed E-state index contributed by atoms with van der Waals surface area (Å²) in [7, 11) is 0. The van der Waals surface area contributed by atoms with Crippen molar-refractivity contribution < 1.29 is 13.9 Å². The summed E-state index contributed by atoms with van der Waals surface area (Å²) in [5, 5.41) is 0.946. The number of esters is 1. The number of carbonyl (C=O) groups is 1. The highest BCUT2D eigenvalue weighted by Crippen LogP contribution is 2.32. The van der Waals surface area contributed by atoms with E-state index in [1.165, 1.54) is 16.7 Å². The van der Waals surface area contributed by atoms with Crippen LogP contribution < -0.4 is 0 Å². The zero-order valence-corrected chi connectivity index (χ0v) is 20.2. The van der Waals surface area contributed by atoms with E-state index in [4.69, 9.17) is 9.15 Å². The second kappa shape index (κ2) is 10.7. The normalized spacial score (nSPS) is 11.3. The summed E-state index contributed by atoms with van der Waals surface area (Å²) >= 11 is 1.74. The molecular weight excluding hydrogens is 430 g/mol. The Kier molecular flexibility index (Phi) is 7.53. The van der Waals surface area contributed by atoms with Gasteiger partial charge in [0.1, 0.15) is 5.58 Å². The highest BCUT2D eigenvalue weighted by atomic mass is 32.2. The molecule has 0 saturated carbocycles. The van der Waals surface area contributed by atoms with Crippen LogP contribution in [0.5, 0.6) is 0 Å². The molecule has 1 aromatic heterocycles. The Balaban J connectivity index is 1.57. The molecule has 33 heavy (non-hydrogen) atoms. The van der Waals surface area contributed by atoms with Crippen LogP contribution in [0.3, 0.4) is 0 Å². The lowest BCUT2D eigenvalue weighted by atomic mass is 10.1. The molecular formula is C28H29NO3S. The molecule has 5 heteroatoms. The number of rotatable bonds is 9. The second-order valence-electron chi connectivity index (χ2n) is 8.11. The van der Waals surface area contributed by atoms with Crippen molar-refractivity contribution in [3.63, 3.8) is 0 Å². The van der Waals surface area contributed by atoms with Crippen molar-refractivity contribution in [3.8, 4) is 0 Å². The molecule has 0 aliphatic rings. The minimum Gasteiger partial charge on any atom is -0.460 e. The third-order valence-corrected chi connectivity index (χ3v) is 6.57. The Morgan fingerprint density at radius 3 is 2.52 bits per heavy atom. The average molecular weight is 460 g/mol. The number of hydrogen-bond acceptors (Lipinski definition) is 5. The van der Waals surface area contributed by atoms with Crippen molar-refractivity contribution in [3.05, 3.63) is 101 Å². The van der Waals surface area contributed by atoms with Crippen LogP contribution in [0.25, 0.3) is 11.0 Å². The number of aryl methyl sites for hydroxylation is 2. The summed E-state index contributed by atoms with van der Waals surface area (Å²) in [6.45, 7) is 7.91. The zero-order chi connectivity index (χ0) is 23.2. The largest absolute Gasteiger partial charge is 0.460 e. The molecule has 4 rings (SSSR count). The molecule has 170 valence electrons. The average Bonchev–Trinajstić information content (AvgIpc) is 3.14. The third-order valence-electron chi connectivity index (χ3n) is 5.54. The maximum absolute atomic E-state index is 12.2. The standard InChI is InChI=1S/C28H29NO3S/c1-4-31-28(30)27-21(3)25-18-24(13-14-26(25)32-27)33-29(16-15-22-10-6-5-7-11-22)19-23-12-8-9-20(2)17-23/h5-14,17-18H,4,15-16,19H2,1-3H3. The van der Waals surface area contributed by atoms with E-state index in [0.29, 0.717) is 12.2 Å². The van der Waals surface area contributed by atoms with E-state index in [1.807, 2.05) is 13.0 Å². The summed E-state index contributed by atoms with van der Waals surface area (Å²) in [5.41, 5.74) is 5.41. The van der Waals surface area contributed by atoms with Gasteiger partial charge in [0.2, 0.25) is 5.76 Å². The van der Waals surface area contributed by atoms with Crippen molar-refractivity contribution in [1.29, 1.82) is 0 Å². The zero-order valence-electron chi connectivity index (χ0n) is 19.3. The minimum absolute atomic E-state index is 0.287. The number of carbonyl (C=O) groups excluding carboxylic acids is 1. The van der Waals surface area contributed by atoms with E-state index in [0.717, 1.165) is 35.4 Å². The molecule has 0 bridgehead atoms. The Bertz CT molecular complexity index is 1230. The van der Waals surface area contributed by atoms with Gasteiger partial charge in [0.05, 0.1) is 6.61 Å². The number of benzene rings is 3. The predicted octanol–water partition coefficient (Wildman–Crippen LogP) is 6.98. The van der Waals surface area contributed by atoms with Crippen LogP contribution in [0.1, 0.15) is 39.7 Å². The fourth-order valence-corrected chi connectivity index (χ4v) is 4.86. The highest BCUT2D eigenvalue weighted by molar-refractivity contribution is 7.97. The first kappa shape index (κ1) is 23.1. The van der Waals surface area contributed by atoms with Crippen molar-refractivity contribution >= 4 is 28.9 Å². The van der Waals surface area contributed by atoms with Crippen LogP contribution >= 0.6 is 11.9 Å². The fourth-order valence-electron chi connectivity index (χ4n) is 3.87. The van der Waals surface area contributed by atoms with Crippen molar-refractivity contribution in [2.75, 3.05) is 13.2 Å². The van der Waals surface area contributed by atoms with Crippen molar-refractivity contribution in [2.24, 2.45) is 0 Å². The van der Waals surface area contributed by atoms with E-state index in [1.54, 1.807) is 18.9 Å². The molecule has 0 saturated heterocycles. The number of furan rings is 1. The molecule has 4 nitrogen and oxygen atoms in total. The Morgan fingerprint density at radius 1 is 0.970 bits per heavy atom. The minimum atomic E-state index is -0.413. The van der Waals surface area contributed by atoms with Gasteiger partial charge in [-0.2, -0.15) is 0 Å². The topological polar surface area (TPSA) is 42.7 Å². The van der Waals surface area contributed by atoms with Crippen LogP contribution in [-0.2, 0) is 17.7 Å². The van der Waals surface area contributed by atoms with Gasteiger partial charge in [0.15, 0.2) is 0 Å². The molecule has 0 aliphatic heterocycles. The van der Waals surface area contributed by atoms with E-state index in [-0.39, 0.29) is 5.76 Å². The van der Waals surface area contributed by atoms with Crippen molar-refractivity contribution in [2.45, 2.75) is 38.6 Å². The first-order valence-corrected chi connectivity index (χ1v) is 12.0. The summed E-state index contributed by atoms with van der Waals surface area (Å²) in [4.78, 5) is 13.3. The van der Waals surface area contributed by atoms with Crippen LogP contribution in [0.2, 0.25) is 0 Å². The lowest BCUT2D eigenvalue weighted by Crippen LogP contribution is -2.18. The molecule has 3 aromatic carbocycles. The monoisotopic (exact) mass is 459 g/mol. The molecule has 0 amide bonds. The smallest absolute Gasteiger partial charge is 0.374 e. The van der Waals surface area contributed by atoms with Gasteiger partial charge >= 0.3 is 5.97 Å². The van der Waals surface area contributed by atoms with Crippen LogP contribution in [0.15, 0.2) is 82.1 Å². The summed E-state index contributed by atoms with van der Waals surface area (Å²) in [6, 6.07) is 25.3. The van der Waals surface area contributed by atoms with Gasteiger partial charge in [-0.15, -0.1) is 0 Å². The van der Waals surface area contributed by atoms with Gasteiger partial charge in [0.25, 0.3) is 0 Å². The molecule has 0 fully saturated rings. The van der Waals surface area contributed by atoms with Crippen LogP contribution in [-0.4, -0.2) is 23.4 Å². The number of hydrogen-bond donors (Lipinski definition) is 0. The van der Waals surface area contributed by atoms with Gasteiger partial charge in [-0.1, -0.05) is 60.2 Å². The lowest BCUT2D eigenvalue weighted by molar-refractivity contribution is 0.0491. The Labute approximate surface area is 199 Å². The van der Waals surface area contributed by atoms with Gasteiger partial charge < -0.3 is 9.15 Å². The second-order valence-corrected chi connectivity index (χ2v) is 9.28. The predicted molar refractivity (Wildman–Crippen MR) is 134 cm³/mol. The maximum atomic E-state index is 12.2. The summed E-state index contributed by atoms with van der Waals surface area (Å²) in [6.07, 6.45) is 0.972. The molecule has 0 unspecified atom stereocenters. The van der Waals surface area contributed by atoms with Gasteiger partial charge in [-0.3, -0.25) is 0 Å². The van der Waals surface area contributed by atoms with E-state index >= 15 is 0 Å². The Morgan fingerprint density at radius 2 is 1.76 bits per heavy atom. The molecule has 1 heterocycles. The first-order chi connectivity index (χ1) is 16.0. The van der Waals surface area contributed by atoms with E-state index in [2.05, 4.69) is 78.0 Å². The Hall–Kier alpha value is -3.02. The van der Waals surface area contributed by atoms with Crippen LogP contribution in [0.4, 0.5) is 0 Å². The highest BCUT2D eigenvalue weighted by Gasteiger charge is 2.19. The van der Waals surface area contributed by atoms with Gasteiger partial charge in [-0.25, -0.2) is 9.10 Å². The van der Waals surface area contributed by atoms with Crippen LogP contribution in [0, 0.1) is 13.8 Å². The van der Waals surface area contributed by atoms with Gasteiger partial charge in [0, 0.05) is 28.9 Å². The SMILES string of the molecule is CCOC(=O)c1oc2ccc(SN(CCc3ccccc3)Cc3cccc(C)c3)cc2c1C. The number of ether oxygens (including phenoxy) is 1. The van der Waals surface area contributed by atoms with E-state index < -0.39 is 5.97 Å². The maximum Gasteiger partial charge on any atom is 0.374 e. The lowest BCUT2D eigenvalue weighted by Gasteiger charge is -2.21. The molecule has 0 aliphatic carbocycles.